The summed E-state index contributed by atoms with van der Waals surface area (Å²) in [6.45, 7) is 2.41. The molecule has 1 aliphatic heterocycles. The van der Waals surface area contributed by atoms with Gasteiger partial charge in [-0.2, -0.15) is 0 Å². The fourth-order valence-corrected chi connectivity index (χ4v) is 2.21. The summed E-state index contributed by atoms with van der Waals surface area (Å²) in [5, 5.41) is 3.05. The van der Waals surface area contributed by atoms with Gasteiger partial charge in [-0.1, -0.05) is 0 Å². The quantitative estimate of drug-likeness (QED) is 0.760. The molecule has 0 bridgehead atoms. The molecule has 0 spiro atoms. The Kier molecular flexibility index (Phi) is 3.62. The van der Waals surface area contributed by atoms with E-state index in [1.807, 2.05) is 0 Å². The minimum atomic E-state index is 0.274. The Morgan fingerprint density at radius 1 is 1.27 bits per heavy atom. The van der Waals surface area contributed by atoms with Crippen LogP contribution < -0.4 is 5.32 Å². The second-order valence-electron chi connectivity index (χ2n) is 5.13. The topological polar surface area (TPSA) is 32.3 Å². The van der Waals surface area contributed by atoms with Crippen molar-refractivity contribution in [1.29, 1.82) is 0 Å². The van der Waals surface area contributed by atoms with Crippen molar-refractivity contribution in [3.63, 3.8) is 0 Å². The lowest BCUT2D eigenvalue weighted by Crippen LogP contribution is -2.31. The van der Waals surface area contributed by atoms with Crippen molar-refractivity contribution < 1.29 is 4.79 Å². The van der Waals surface area contributed by atoms with E-state index >= 15 is 0 Å². The molecule has 0 aromatic carbocycles. The molecule has 0 radical (unpaired) electrons. The number of carbonyl (C=O) groups is 1. The molecule has 15 heavy (non-hydrogen) atoms. The van der Waals surface area contributed by atoms with Crippen LogP contribution in [0.2, 0.25) is 0 Å². The van der Waals surface area contributed by atoms with Gasteiger partial charge in [0.25, 0.3) is 0 Å². The van der Waals surface area contributed by atoms with E-state index in [0.717, 1.165) is 18.8 Å². The summed E-state index contributed by atoms with van der Waals surface area (Å²) in [5.74, 6) is 1.06. The van der Waals surface area contributed by atoms with Crippen molar-refractivity contribution in [2.45, 2.75) is 44.6 Å². The standard InChI is InChI=1S/C12H22N2O/c1-14-8-6-10(7-9-14)2-5-12(15)13-11-3-4-11/h10-11H,2-9H2,1H3,(H,13,15). The predicted molar refractivity (Wildman–Crippen MR) is 60.6 cm³/mol. The second-order valence-corrected chi connectivity index (χ2v) is 5.13. The number of nitrogens with one attached hydrogen (secondary N) is 1. The van der Waals surface area contributed by atoms with Gasteiger partial charge >= 0.3 is 0 Å². The third-order valence-corrected chi connectivity index (χ3v) is 3.56. The van der Waals surface area contributed by atoms with Gasteiger partial charge < -0.3 is 10.2 Å². The van der Waals surface area contributed by atoms with E-state index < -0.39 is 0 Å². The van der Waals surface area contributed by atoms with Crippen molar-refractivity contribution in [3.8, 4) is 0 Å². The van der Waals surface area contributed by atoms with Gasteiger partial charge in [-0.15, -0.1) is 0 Å². The van der Waals surface area contributed by atoms with Crippen molar-refractivity contribution in [3.05, 3.63) is 0 Å². The lowest BCUT2D eigenvalue weighted by Gasteiger charge is -2.28. The maximum atomic E-state index is 11.5. The number of hydrogen-bond donors (Lipinski definition) is 1. The van der Waals surface area contributed by atoms with Gasteiger partial charge in [0.1, 0.15) is 0 Å². The lowest BCUT2D eigenvalue weighted by molar-refractivity contribution is -0.121. The van der Waals surface area contributed by atoms with Gasteiger partial charge in [0, 0.05) is 12.5 Å². The van der Waals surface area contributed by atoms with Crippen molar-refractivity contribution in [2.75, 3.05) is 20.1 Å². The summed E-state index contributed by atoms with van der Waals surface area (Å²) in [6.07, 6.45) is 6.76. The van der Waals surface area contributed by atoms with Gasteiger partial charge in [0.15, 0.2) is 0 Å². The molecule has 3 nitrogen and oxygen atoms in total. The summed E-state index contributed by atoms with van der Waals surface area (Å²) < 4.78 is 0. The highest BCUT2D eigenvalue weighted by molar-refractivity contribution is 5.76. The van der Waals surface area contributed by atoms with E-state index in [1.165, 1.54) is 38.8 Å². The minimum absolute atomic E-state index is 0.274. The third-order valence-electron chi connectivity index (χ3n) is 3.56. The smallest absolute Gasteiger partial charge is 0.220 e. The minimum Gasteiger partial charge on any atom is -0.353 e. The van der Waals surface area contributed by atoms with Crippen molar-refractivity contribution >= 4 is 5.91 Å². The second kappa shape index (κ2) is 4.97. The highest BCUT2D eigenvalue weighted by Crippen LogP contribution is 2.22. The van der Waals surface area contributed by atoms with Gasteiger partial charge in [0.05, 0.1) is 0 Å². The number of nitrogens with zero attached hydrogens (tertiary/aromatic N) is 1. The van der Waals surface area contributed by atoms with Crippen LogP contribution in [0.5, 0.6) is 0 Å². The highest BCUT2D eigenvalue weighted by atomic mass is 16.1. The zero-order valence-corrected chi connectivity index (χ0v) is 9.67. The van der Waals surface area contributed by atoms with Gasteiger partial charge in [-0.3, -0.25) is 4.79 Å². The Morgan fingerprint density at radius 2 is 1.93 bits per heavy atom. The first kappa shape index (κ1) is 10.9. The average molecular weight is 210 g/mol. The molecular weight excluding hydrogens is 188 g/mol. The van der Waals surface area contributed by atoms with Crippen LogP contribution in [0.3, 0.4) is 0 Å². The van der Waals surface area contributed by atoms with Gasteiger partial charge in [-0.05, 0) is 58.2 Å². The molecule has 2 rings (SSSR count). The molecule has 2 fully saturated rings. The zero-order valence-electron chi connectivity index (χ0n) is 9.67. The van der Waals surface area contributed by atoms with E-state index in [4.69, 9.17) is 0 Å². The van der Waals surface area contributed by atoms with Crippen LogP contribution in [0.4, 0.5) is 0 Å². The zero-order chi connectivity index (χ0) is 10.7. The third kappa shape index (κ3) is 3.82. The molecule has 0 unspecified atom stereocenters. The van der Waals surface area contributed by atoms with Crippen LogP contribution in [0.1, 0.15) is 38.5 Å². The van der Waals surface area contributed by atoms with Crippen LogP contribution >= 0.6 is 0 Å². The SMILES string of the molecule is CN1CCC(CCC(=O)NC2CC2)CC1. The van der Waals surface area contributed by atoms with Crippen LogP contribution in [-0.2, 0) is 4.79 Å². The number of likely N-dealkylation sites (tertiary alicyclic amines) is 1. The molecule has 0 aromatic rings. The summed E-state index contributed by atoms with van der Waals surface area (Å²) >= 11 is 0. The molecule has 1 amide bonds. The number of amides is 1. The highest BCUT2D eigenvalue weighted by Gasteiger charge is 2.24. The van der Waals surface area contributed by atoms with Gasteiger partial charge in [-0.25, -0.2) is 0 Å². The summed E-state index contributed by atoms with van der Waals surface area (Å²) in [6, 6.07) is 0.523. The van der Waals surface area contributed by atoms with Crippen LogP contribution in [-0.4, -0.2) is 37.0 Å². The molecule has 0 aromatic heterocycles. The van der Waals surface area contributed by atoms with E-state index in [0.29, 0.717) is 6.04 Å². The maximum Gasteiger partial charge on any atom is 0.220 e. The first-order valence-electron chi connectivity index (χ1n) is 6.22. The van der Waals surface area contributed by atoms with Crippen molar-refractivity contribution in [2.24, 2.45) is 5.92 Å². The summed E-state index contributed by atoms with van der Waals surface area (Å²) in [7, 11) is 2.18. The molecule has 86 valence electrons. The molecular formula is C12H22N2O. The van der Waals surface area contributed by atoms with E-state index in [-0.39, 0.29) is 5.91 Å². The summed E-state index contributed by atoms with van der Waals surface area (Å²) in [5.41, 5.74) is 0. The number of rotatable bonds is 4. The molecule has 1 heterocycles. The van der Waals surface area contributed by atoms with Crippen molar-refractivity contribution in [1.82, 2.24) is 10.2 Å². The molecule has 1 saturated carbocycles. The summed E-state index contributed by atoms with van der Waals surface area (Å²) in [4.78, 5) is 13.9. The normalized spacial score (nSPS) is 24.1. The molecule has 3 heteroatoms. The predicted octanol–water partition coefficient (Wildman–Crippen LogP) is 1.39. The Bertz CT molecular complexity index is 218. The van der Waals surface area contributed by atoms with Crippen LogP contribution in [0.15, 0.2) is 0 Å². The first-order chi connectivity index (χ1) is 7.24. The van der Waals surface area contributed by atoms with E-state index in [2.05, 4.69) is 17.3 Å². The van der Waals surface area contributed by atoms with E-state index in [1.54, 1.807) is 0 Å². The largest absolute Gasteiger partial charge is 0.353 e. The Balaban J connectivity index is 1.58. The molecule has 1 N–H and O–H groups in total. The number of carbonyl (C=O) groups excluding carboxylic acids is 1. The first-order valence-corrected chi connectivity index (χ1v) is 6.22. The molecule has 2 aliphatic rings. The Hall–Kier alpha value is -0.570. The average Bonchev–Trinajstić information content (AvgIpc) is 3.01. The monoisotopic (exact) mass is 210 g/mol. The fourth-order valence-electron chi connectivity index (χ4n) is 2.21. The molecule has 0 atom stereocenters. The maximum absolute atomic E-state index is 11.5. The van der Waals surface area contributed by atoms with Crippen LogP contribution in [0, 0.1) is 5.92 Å². The fraction of sp³-hybridized carbons (Fsp3) is 0.917. The Labute approximate surface area is 92.2 Å². The number of piperidine rings is 1. The number of hydrogen-bond acceptors (Lipinski definition) is 2. The lowest BCUT2D eigenvalue weighted by atomic mass is 9.92. The Morgan fingerprint density at radius 3 is 2.53 bits per heavy atom. The van der Waals surface area contributed by atoms with E-state index in [9.17, 15) is 4.79 Å². The van der Waals surface area contributed by atoms with Gasteiger partial charge in [0.2, 0.25) is 5.91 Å². The molecule has 1 saturated heterocycles. The van der Waals surface area contributed by atoms with Crippen LogP contribution in [0.25, 0.3) is 0 Å². The molecule has 1 aliphatic carbocycles.